The van der Waals surface area contributed by atoms with Gasteiger partial charge < -0.3 is 24.8 Å². The molecule has 122 valence electrons. The summed E-state index contributed by atoms with van der Waals surface area (Å²) in [4.78, 5) is 4.14. The molecule has 0 aromatic rings. The van der Waals surface area contributed by atoms with Gasteiger partial charge in [0.15, 0.2) is 5.96 Å². The predicted molar refractivity (Wildman–Crippen MR) is 93.2 cm³/mol. The monoisotopic (exact) mass is 403 g/mol. The van der Waals surface area contributed by atoms with Gasteiger partial charge in [-0.05, 0) is 19.8 Å². The molecular weight excluding hydrogens is 373 g/mol. The van der Waals surface area contributed by atoms with Gasteiger partial charge in [-0.2, -0.15) is 0 Å². The lowest BCUT2D eigenvalue weighted by atomic mass is 10.3. The number of guanidine groups is 1. The molecule has 0 aliphatic heterocycles. The molecule has 0 radical (unpaired) electrons. The summed E-state index contributed by atoms with van der Waals surface area (Å²) in [6.45, 7) is 7.21. The van der Waals surface area contributed by atoms with E-state index in [4.69, 9.17) is 14.2 Å². The fraction of sp³-hybridized carbons (Fsp3) is 0.923. The van der Waals surface area contributed by atoms with Crippen molar-refractivity contribution in [3.8, 4) is 0 Å². The minimum absolute atomic E-state index is 0. The lowest BCUT2D eigenvalue weighted by Crippen LogP contribution is -2.39. The number of nitrogens with zero attached hydrogens (tertiary/aromatic N) is 1. The van der Waals surface area contributed by atoms with Crippen LogP contribution in [-0.4, -0.2) is 66.2 Å². The van der Waals surface area contributed by atoms with E-state index in [1.54, 1.807) is 14.2 Å². The van der Waals surface area contributed by atoms with Crippen molar-refractivity contribution in [1.29, 1.82) is 0 Å². The van der Waals surface area contributed by atoms with Crippen LogP contribution in [-0.2, 0) is 14.2 Å². The highest BCUT2D eigenvalue weighted by molar-refractivity contribution is 14.0. The number of halogens is 1. The summed E-state index contributed by atoms with van der Waals surface area (Å²) in [6.07, 6.45) is 2.09. The van der Waals surface area contributed by atoms with Gasteiger partial charge in [0.2, 0.25) is 0 Å². The van der Waals surface area contributed by atoms with Gasteiger partial charge in [0.05, 0.1) is 19.8 Å². The first kappa shape index (κ1) is 22.2. The van der Waals surface area contributed by atoms with Crippen LogP contribution in [0.4, 0.5) is 0 Å². The SMILES string of the molecule is CCOCCNC(=NC)NCCCCOCCOC.I. The zero-order valence-corrected chi connectivity index (χ0v) is 15.3. The number of ether oxygens (including phenoxy) is 3. The molecule has 0 unspecified atom stereocenters. The van der Waals surface area contributed by atoms with E-state index in [0.717, 1.165) is 45.1 Å². The predicted octanol–water partition coefficient (Wildman–Crippen LogP) is 1.25. The van der Waals surface area contributed by atoms with E-state index in [1.807, 2.05) is 6.92 Å². The molecule has 0 rings (SSSR count). The molecule has 0 aliphatic carbocycles. The molecule has 0 saturated carbocycles. The highest BCUT2D eigenvalue weighted by atomic mass is 127. The Morgan fingerprint density at radius 3 is 2.35 bits per heavy atom. The Bertz CT molecular complexity index is 219. The van der Waals surface area contributed by atoms with E-state index >= 15 is 0 Å². The van der Waals surface area contributed by atoms with Gasteiger partial charge >= 0.3 is 0 Å². The maximum Gasteiger partial charge on any atom is 0.191 e. The van der Waals surface area contributed by atoms with E-state index in [0.29, 0.717) is 19.8 Å². The average Bonchev–Trinajstić information content (AvgIpc) is 2.44. The second-order valence-corrected chi connectivity index (χ2v) is 3.93. The molecule has 0 fully saturated rings. The fourth-order valence-electron chi connectivity index (χ4n) is 1.39. The summed E-state index contributed by atoms with van der Waals surface area (Å²) in [6, 6.07) is 0. The molecule has 0 amide bonds. The largest absolute Gasteiger partial charge is 0.382 e. The van der Waals surface area contributed by atoms with E-state index in [1.165, 1.54) is 0 Å². The van der Waals surface area contributed by atoms with Crippen LogP contribution in [0.3, 0.4) is 0 Å². The zero-order valence-electron chi connectivity index (χ0n) is 12.9. The van der Waals surface area contributed by atoms with Gasteiger partial charge in [-0.3, -0.25) is 4.99 Å². The Balaban J connectivity index is 0. The number of rotatable bonds is 12. The summed E-state index contributed by atoms with van der Waals surface area (Å²) in [5, 5.41) is 6.44. The third-order valence-corrected chi connectivity index (χ3v) is 2.41. The quantitative estimate of drug-likeness (QED) is 0.222. The van der Waals surface area contributed by atoms with Crippen molar-refractivity contribution in [2.24, 2.45) is 4.99 Å². The Morgan fingerprint density at radius 1 is 0.950 bits per heavy atom. The van der Waals surface area contributed by atoms with Gasteiger partial charge in [0.1, 0.15) is 0 Å². The van der Waals surface area contributed by atoms with Gasteiger partial charge in [-0.15, -0.1) is 24.0 Å². The molecule has 6 nitrogen and oxygen atoms in total. The van der Waals surface area contributed by atoms with Crippen molar-refractivity contribution >= 4 is 29.9 Å². The van der Waals surface area contributed by atoms with Crippen LogP contribution in [0.1, 0.15) is 19.8 Å². The topological polar surface area (TPSA) is 64.1 Å². The summed E-state index contributed by atoms with van der Waals surface area (Å²) >= 11 is 0. The number of methoxy groups -OCH3 is 1. The van der Waals surface area contributed by atoms with Crippen LogP contribution < -0.4 is 10.6 Å². The van der Waals surface area contributed by atoms with Crippen molar-refractivity contribution < 1.29 is 14.2 Å². The molecule has 7 heteroatoms. The number of hydrogen-bond donors (Lipinski definition) is 2. The highest BCUT2D eigenvalue weighted by Crippen LogP contribution is 1.88. The smallest absolute Gasteiger partial charge is 0.191 e. The fourth-order valence-corrected chi connectivity index (χ4v) is 1.39. The van der Waals surface area contributed by atoms with Crippen LogP contribution in [0.15, 0.2) is 4.99 Å². The van der Waals surface area contributed by atoms with Crippen molar-refractivity contribution in [3.63, 3.8) is 0 Å². The third kappa shape index (κ3) is 15.9. The van der Waals surface area contributed by atoms with Gasteiger partial charge in [0, 0.05) is 40.5 Å². The van der Waals surface area contributed by atoms with Gasteiger partial charge in [-0.25, -0.2) is 0 Å². The minimum atomic E-state index is 0. The zero-order chi connectivity index (χ0) is 14.2. The lowest BCUT2D eigenvalue weighted by Gasteiger charge is -2.11. The first-order chi connectivity index (χ1) is 9.35. The first-order valence-electron chi connectivity index (χ1n) is 6.94. The van der Waals surface area contributed by atoms with E-state index in [9.17, 15) is 0 Å². The summed E-state index contributed by atoms with van der Waals surface area (Å²) in [5.41, 5.74) is 0. The summed E-state index contributed by atoms with van der Waals surface area (Å²) in [5.74, 6) is 0.819. The molecule has 0 saturated heterocycles. The van der Waals surface area contributed by atoms with Crippen LogP contribution in [0.5, 0.6) is 0 Å². The molecule has 0 atom stereocenters. The Kier molecular flexibility index (Phi) is 20.9. The maximum absolute atomic E-state index is 5.38. The minimum Gasteiger partial charge on any atom is -0.382 e. The van der Waals surface area contributed by atoms with Crippen molar-refractivity contribution in [1.82, 2.24) is 10.6 Å². The molecular formula is C13H30IN3O3. The number of hydrogen-bond acceptors (Lipinski definition) is 4. The molecule has 0 aromatic heterocycles. The summed E-state index contributed by atoms with van der Waals surface area (Å²) < 4.78 is 15.5. The normalized spacial score (nSPS) is 11.1. The van der Waals surface area contributed by atoms with Crippen LogP contribution in [0, 0.1) is 0 Å². The van der Waals surface area contributed by atoms with Crippen molar-refractivity contribution in [3.05, 3.63) is 0 Å². The van der Waals surface area contributed by atoms with Gasteiger partial charge in [0.25, 0.3) is 0 Å². The lowest BCUT2D eigenvalue weighted by molar-refractivity contribution is 0.0689. The van der Waals surface area contributed by atoms with Crippen molar-refractivity contribution in [2.45, 2.75) is 19.8 Å². The molecule has 0 aromatic carbocycles. The molecule has 0 heterocycles. The van der Waals surface area contributed by atoms with E-state index in [-0.39, 0.29) is 24.0 Å². The molecule has 0 bridgehead atoms. The standard InChI is InChI=1S/C13H29N3O3.HI/c1-4-18-10-8-16-13(14-2)15-7-5-6-9-19-12-11-17-3;/h4-12H2,1-3H3,(H2,14,15,16);1H. The molecule has 0 spiro atoms. The Labute approximate surface area is 140 Å². The second kappa shape index (κ2) is 18.9. The van der Waals surface area contributed by atoms with E-state index in [2.05, 4.69) is 15.6 Å². The first-order valence-corrected chi connectivity index (χ1v) is 6.94. The second-order valence-electron chi connectivity index (χ2n) is 3.93. The highest BCUT2D eigenvalue weighted by Gasteiger charge is 1.96. The van der Waals surface area contributed by atoms with Crippen molar-refractivity contribution in [2.75, 3.05) is 60.3 Å². The Morgan fingerprint density at radius 2 is 1.70 bits per heavy atom. The molecule has 20 heavy (non-hydrogen) atoms. The van der Waals surface area contributed by atoms with Crippen LogP contribution >= 0.6 is 24.0 Å². The molecule has 0 aliphatic rings. The maximum atomic E-state index is 5.38. The third-order valence-electron chi connectivity index (χ3n) is 2.41. The Hall–Kier alpha value is -0.120. The number of unbranched alkanes of at least 4 members (excludes halogenated alkanes) is 1. The van der Waals surface area contributed by atoms with Gasteiger partial charge in [-0.1, -0.05) is 0 Å². The average molecular weight is 403 g/mol. The van der Waals surface area contributed by atoms with Crippen LogP contribution in [0.2, 0.25) is 0 Å². The van der Waals surface area contributed by atoms with Crippen LogP contribution in [0.25, 0.3) is 0 Å². The number of aliphatic imine (C=N–C) groups is 1. The number of nitrogens with one attached hydrogen (secondary N) is 2. The molecule has 2 N–H and O–H groups in total. The van der Waals surface area contributed by atoms with E-state index < -0.39 is 0 Å². The summed E-state index contributed by atoms with van der Waals surface area (Å²) in [7, 11) is 3.45.